The summed E-state index contributed by atoms with van der Waals surface area (Å²) in [5, 5.41) is 0. The van der Waals surface area contributed by atoms with Crippen LogP contribution in [0, 0.1) is 0 Å². The van der Waals surface area contributed by atoms with Gasteiger partial charge < -0.3 is 11.5 Å². The molecule has 2 aromatic rings. The molecule has 0 saturated carbocycles. The highest BCUT2D eigenvalue weighted by molar-refractivity contribution is 6.30. The lowest BCUT2D eigenvalue weighted by atomic mass is 9.81. The van der Waals surface area contributed by atoms with Gasteiger partial charge in [0.25, 0.3) is 0 Å². The maximum absolute atomic E-state index is 12.6. The van der Waals surface area contributed by atoms with E-state index >= 15 is 0 Å². The second kappa shape index (κ2) is 4.68. The van der Waals surface area contributed by atoms with Crippen LogP contribution in [0.2, 0.25) is 0 Å². The fourth-order valence-corrected chi connectivity index (χ4v) is 2.65. The first-order valence-electron chi connectivity index (χ1n) is 6.55. The van der Waals surface area contributed by atoms with Gasteiger partial charge in [0, 0.05) is 28.4 Å². The normalized spacial score (nSPS) is 14.3. The largest absolute Gasteiger partial charge is 0.398 e. The highest BCUT2D eigenvalue weighted by Gasteiger charge is 2.32. The lowest BCUT2D eigenvalue weighted by Gasteiger charge is -2.21. The third kappa shape index (κ3) is 1.80. The van der Waals surface area contributed by atoms with Crippen molar-refractivity contribution in [3.05, 3.63) is 76.9 Å². The topological polar surface area (TPSA) is 86.2 Å². The smallest absolute Gasteiger partial charge is 0.196 e. The predicted molar refractivity (Wildman–Crippen MR) is 81.3 cm³/mol. The lowest BCUT2D eigenvalue weighted by molar-refractivity contribution is 0.0979. The van der Waals surface area contributed by atoms with E-state index in [0.29, 0.717) is 22.3 Å². The van der Waals surface area contributed by atoms with Crippen LogP contribution in [0.5, 0.6) is 0 Å². The fraction of sp³-hybridized carbons (Fsp3) is 0.0588. The zero-order chi connectivity index (χ0) is 15.1. The molecule has 1 aliphatic rings. The van der Waals surface area contributed by atoms with Crippen LogP contribution in [-0.4, -0.2) is 11.6 Å². The van der Waals surface area contributed by atoms with Crippen molar-refractivity contribution < 1.29 is 9.59 Å². The second-order valence-corrected chi connectivity index (χ2v) is 4.96. The van der Waals surface area contributed by atoms with Gasteiger partial charge in [0.15, 0.2) is 11.6 Å². The van der Waals surface area contributed by atoms with E-state index in [-0.39, 0.29) is 22.8 Å². The van der Waals surface area contributed by atoms with Crippen LogP contribution in [0.4, 0.5) is 5.69 Å². The van der Waals surface area contributed by atoms with Crippen LogP contribution < -0.4 is 11.5 Å². The number of nitrogens with two attached hydrogens (primary N) is 2. The summed E-state index contributed by atoms with van der Waals surface area (Å²) in [4.78, 5) is 25.1. The Morgan fingerprint density at radius 3 is 2.19 bits per heavy atom. The summed E-state index contributed by atoms with van der Waals surface area (Å²) >= 11 is 0. The van der Waals surface area contributed by atoms with Gasteiger partial charge >= 0.3 is 0 Å². The number of fused-ring (bicyclic) bond motifs is 2. The SMILES string of the molecule is C=CC(N)c1ccc2c(c1N)C(=O)c1ccccc1C2=O. The highest BCUT2D eigenvalue weighted by Crippen LogP contribution is 2.34. The summed E-state index contributed by atoms with van der Waals surface area (Å²) in [5.41, 5.74) is 14.2. The van der Waals surface area contributed by atoms with Gasteiger partial charge in [-0.2, -0.15) is 0 Å². The molecule has 3 rings (SSSR count). The third-order valence-electron chi connectivity index (χ3n) is 3.78. The van der Waals surface area contributed by atoms with Crippen molar-refractivity contribution >= 4 is 17.3 Å². The minimum atomic E-state index is -0.477. The first-order valence-corrected chi connectivity index (χ1v) is 6.55. The van der Waals surface area contributed by atoms with Crippen molar-refractivity contribution in [3.8, 4) is 0 Å². The average Bonchev–Trinajstić information content (AvgIpc) is 2.51. The van der Waals surface area contributed by atoms with Crippen molar-refractivity contribution in [1.82, 2.24) is 0 Å². The third-order valence-corrected chi connectivity index (χ3v) is 3.78. The molecule has 104 valence electrons. The second-order valence-electron chi connectivity index (χ2n) is 4.96. The minimum Gasteiger partial charge on any atom is -0.398 e. The van der Waals surface area contributed by atoms with Gasteiger partial charge in [-0.05, 0) is 11.6 Å². The molecule has 0 bridgehead atoms. The summed E-state index contributed by atoms with van der Waals surface area (Å²) in [6.45, 7) is 3.63. The molecule has 0 spiro atoms. The molecule has 1 aliphatic carbocycles. The van der Waals surface area contributed by atoms with Crippen LogP contribution in [0.25, 0.3) is 0 Å². The van der Waals surface area contributed by atoms with Gasteiger partial charge in [0.1, 0.15) is 0 Å². The molecule has 4 N–H and O–H groups in total. The predicted octanol–water partition coefficient (Wildman–Crippen LogP) is 2.23. The molecule has 4 heteroatoms. The molecule has 0 heterocycles. The van der Waals surface area contributed by atoms with Gasteiger partial charge in [0.2, 0.25) is 0 Å². The molecule has 4 nitrogen and oxygen atoms in total. The molecule has 0 amide bonds. The van der Waals surface area contributed by atoms with E-state index in [1.165, 1.54) is 0 Å². The molecule has 0 aliphatic heterocycles. The lowest BCUT2D eigenvalue weighted by Crippen LogP contribution is -2.24. The highest BCUT2D eigenvalue weighted by atomic mass is 16.1. The van der Waals surface area contributed by atoms with E-state index in [1.54, 1.807) is 42.5 Å². The molecule has 0 fully saturated rings. The zero-order valence-electron chi connectivity index (χ0n) is 11.3. The number of hydrogen-bond acceptors (Lipinski definition) is 4. The van der Waals surface area contributed by atoms with Gasteiger partial charge in [-0.15, -0.1) is 6.58 Å². The molecule has 21 heavy (non-hydrogen) atoms. The number of hydrogen-bond donors (Lipinski definition) is 2. The Balaban J connectivity index is 2.29. The Labute approximate surface area is 122 Å². The van der Waals surface area contributed by atoms with Crippen molar-refractivity contribution in [2.75, 3.05) is 5.73 Å². The maximum atomic E-state index is 12.6. The van der Waals surface area contributed by atoms with Crippen molar-refractivity contribution in [1.29, 1.82) is 0 Å². The Morgan fingerprint density at radius 1 is 0.952 bits per heavy atom. The van der Waals surface area contributed by atoms with Crippen molar-refractivity contribution in [2.24, 2.45) is 5.73 Å². The summed E-state index contributed by atoms with van der Waals surface area (Å²) in [7, 11) is 0. The molecule has 1 atom stereocenters. The van der Waals surface area contributed by atoms with Crippen molar-refractivity contribution in [3.63, 3.8) is 0 Å². The Bertz CT molecular complexity index is 793. The number of nitrogen functional groups attached to an aromatic ring is 1. The van der Waals surface area contributed by atoms with E-state index < -0.39 is 6.04 Å². The van der Waals surface area contributed by atoms with E-state index in [1.807, 2.05) is 0 Å². The van der Waals surface area contributed by atoms with Crippen LogP contribution in [0.1, 0.15) is 43.4 Å². The summed E-state index contributed by atoms with van der Waals surface area (Å²) < 4.78 is 0. The van der Waals surface area contributed by atoms with E-state index in [0.717, 1.165) is 0 Å². The van der Waals surface area contributed by atoms with Gasteiger partial charge in [-0.1, -0.05) is 36.4 Å². The fourth-order valence-electron chi connectivity index (χ4n) is 2.65. The van der Waals surface area contributed by atoms with Crippen LogP contribution >= 0.6 is 0 Å². The van der Waals surface area contributed by atoms with Crippen LogP contribution in [-0.2, 0) is 0 Å². The first-order chi connectivity index (χ1) is 10.1. The van der Waals surface area contributed by atoms with Gasteiger partial charge in [0.05, 0.1) is 5.56 Å². The molecular weight excluding hydrogens is 264 g/mol. The first kappa shape index (κ1) is 13.3. The van der Waals surface area contributed by atoms with Gasteiger partial charge in [-0.3, -0.25) is 9.59 Å². The average molecular weight is 278 g/mol. The zero-order valence-corrected chi connectivity index (χ0v) is 11.3. The number of rotatable bonds is 2. The molecular formula is C17H14N2O2. The summed E-state index contributed by atoms with van der Waals surface area (Å²) in [5.74, 6) is -0.429. The monoisotopic (exact) mass is 278 g/mol. The Kier molecular flexibility index (Phi) is 2.96. The summed E-state index contributed by atoms with van der Waals surface area (Å²) in [6.07, 6.45) is 1.54. The van der Waals surface area contributed by atoms with E-state index in [9.17, 15) is 9.59 Å². The van der Waals surface area contributed by atoms with Crippen LogP contribution in [0.15, 0.2) is 49.1 Å². The molecule has 0 aromatic heterocycles. The standard InChI is InChI=1S/C17H14N2O2/c1-2-13(18)11-7-8-12-14(15(11)19)17(21)10-6-4-3-5-9(10)16(12)20/h2-8,13H,1,18-19H2. The number of ketones is 2. The van der Waals surface area contributed by atoms with Crippen molar-refractivity contribution in [2.45, 2.75) is 6.04 Å². The molecule has 0 radical (unpaired) electrons. The van der Waals surface area contributed by atoms with E-state index in [2.05, 4.69) is 6.58 Å². The number of carbonyl (C=O) groups excluding carboxylic acids is 2. The Hall–Kier alpha value is -2.72. The molecule has 1 unspecified atom stereocenters. The van der Waals surface area contributed by atoms with Gasteiger partial charge in [-0.25, -0.2) is 0 Å². The molecule has 0 saturated heterocycles. The van der Waals surface area contributed by atoms with Crippen LogP contribution in [0.3, 0.4) is 0 Å². The summed E-state index contributed by atoms with van der Waals surface area (Å²) in [6, 6.07) is 9.57. The maximum Gasteiger partial charge on any atom is 0.196 e. The number of carbonyl (C=O) groups is 2. The quantitative estimate of drug-likeness (QED) is 0.556. The molecule has 2 aromatic carbocycles. The number of benzene rings is 2. The Morgan fingerprint density at radius 2 is 1.57 bits per heavy atom. The minimum absolute atomic E-state index is 0.189. The number of anilines is 1. The van der Waals surface area contributed by atoms with E-state index in [4.69, 9.17) is 11.5 Å².